The Kier molecular flexibility index (Phi) is 5.72. The van der Waals surface area contributed by atoms with Gasteiger partial charge in [-0.25, -0.2) is 0 Å². The van der Waals surface area contributed by atoms with Crippen LogP contribution in [0.4, 0.5) is 5.69 Å². The van der Waals surface area contributed by atoms with Crippen LogP contribution in [0.1, 0.15) is 19.8 Å². The molecule has 1 aromatic carbocycles. The topological polar surface area (TPSA) is 51.1 Å². The van der Waals surface area contributed by atoms with Crippen LogP contribution in [0, 0.1) is 0 Å². The van der Waals surface area contributed by atoms with Gasteiger partial charge in [-0.15, -0.1) is 0 Å². The third-order valence-corrected chi connectivity index (χ3v) is 3.83. The number of aromatic hydroxyl groups is 1. The Morgan fingerprint density at radius 1 is 1.24 bits per heavy atom. The lowest BCUT2D eigenvalue weighted by molar-refractivity contribution is 0.369. The van der Waals surface area contributed by atoms with Crippen LogP contribution in [-0.2, 0) is 0 Å². The first-order valence-corrected chi connectivity index (χ1v) is 7.74. The molecular weight excluding hydrogens is 264 g/mol. The number of para-hydroxylation sites is 2. The molecule has 2 N–H and O–H groups in total. The summed E-state index contributed by atoms with van der Waals surface area (Å²) in [6.07, 6.45) is 2.35. The molecule has 5 heteroatoms. The number of aliphatic imine (C=N–C) groups is 1. The Morgan fingerprint density at radius 3 is 2.57 bits per heavy atom. The van der Waals surface area contributed by atoms with E-state index in [-0.39, 0.29) is 0 Å². The standard InChI is InChI=1S/C16H26N4O/c1-3-4-9-18-16(17-2)20-12-10-19(11-13-20)14-7-5-6-8-15(14)21/h5-8,21H,3-4,9-13H2,1-2H3,(H,17,18). The van der Waals surface area contributed by atoms with E-state index < -0.39 is 0 Å². The summed E-state index contributed by atoms with van der Waals surface area (Å²) in [5, 5.41) is 13.4. The van der Waals surface area contributed by atoms with Crippen LogP contribution in [0.5, 0.6) is 5.75 Å². The summed E-state index contributed by atoms with van der Waals surface area (Å²) in [6, 6.07) is 7.54. The maximum Gasteiger partial charge on any atom is 0.193 e. The lowest BCUT2D eigenvalue weighted by Crippen LogP contribution is -2.52. The van der Waals surface area contributed by atoms with E-state index in [4.69, 9.17) is 0 Å². The highest BCUT2D eigenvalue weighted by Gasteiger charge is 2.20. The molecule has 0 unspecified atom stereocenters. The molecule has 5 nitrogen and oxygen atoms in total. The SMILES string of the molecule is CCCCNC(=NC)N1CCN(c2ccccc2O)CC1. The van der Waals surface area contributed by atoms with Gasteiger partial charge in [0.05, 0.1) is 5.69 Å². The first kappa shape index (κ1) is 15.5. The molecule has 0 bridgehead atoms. The summed E-state index contributed by atoms with van der Waals surface area (Å²) in [4.78, 5) is 8.87. The molecule has 0 atom stereocenters. The highest BCUT2D eigenvalue weighted by atomic mass is 16.3. The van der Waals surface area contributed by atoms with Crippen LogP contribution >= 0.6 is 0 Å². The van der Waals surface area contributed by atoms with Crippen molar-refractivity contribution in [1.29, 1.82) is 0 Å². The highest BCUT2D eigenvalue weighted by molar-refractivity contribution is 5.80. The van der Waals surface area contributed by atoms with E-state index in [2.05, 4.69) is 27.0 Å². The van der Waals surface area contributed by atoms with E-state index in [9.17, 15) is 5.11 Å². The number of nitrogens with zero attached hydrogens (tertiary/aromatic N) is 3. The van der Waals surface area contributed by atoms with Gasteiger partial charge in [0, 0.05) is 39.8 Å². The number of benzene rings is 1. The van der Waals surface area contributed by atoms with Gasteiger partial charge in [0.1, 0.15) is 5.75 Å². The summed E-state index contributed by atoms with van der Waals surface area (Å²) in [5.41, 5.74) is 0.922. The van der Waals surface area contributed by atoms with Gasteiger partial charge in [-0.05, 0) is 18.6 Å². The fourth-order valence-electron chi connectivity index (χ4n) is 2.60. The third kappa shape index (κ3) is 4.03. The molecule has 2 rings (SSSR count). The van der Waals surface area contributed by atoms with E-state index in [0.717, 1.165) is 50.8 Å². The van der Waals surface area contributed by atoms with Crippen LogP contribution in [0.25, 0.3) is 0 Å². The number of anilines is 1. The number of phenols is 1. The van der Waals surface area contributed by atoms with Gasteiger partial charge >= 0.3 is 0 Å². The van der Waals surface area contributed by atoms with Gasteiger partial charge in [0.25, 0.3) is 0 Å². The van der Waals surface area contributed by atoms with Crippen molar-refractivity contribution in [1.82, 2.24) is 10.2 Å². The molecule has 21 heavy (non-hydrogen) atoms. The van der Waals surface area contributed by atoms with Gasteiger partial charge in [0.2, 0.25) is 0 Å². The number of hydrogen-bond acceptors (Lipinski definition) is 3. The predicted octanol–water partition coefficient (Wildman–Crippen LogP) is 1.89. The number of nitrogens with one attached hydrogen (secondary N) is 1. The summed E-state index contributed by atoms with van der Waals surface area (Å²) >= 11 is 0. The monoisotopic (exact) mass is 290 g/mol. The molecule has 0 spiro atoms. The lowest BCUT2D eigenvalue weighted by atomic mass is 10.2. The fraction of sp³-hybridized carbons (Fsp3) is 0.562. The molecule has 1 aromatic rings. The zero-order valence-electron chi connectivity index (χ0n) is 13.0. The molecule has 116 valence electrons. The van der Waals surface area contributed by atoms with Crippen molar-refractivity contribution in [2.24, 2.45) is 4.99 Å². The van der Waals surface area contributed by atoms with Crippen LogP contribution in [0.2, 0.25) is 0 Å². The second-order valence-electron chi connectivity index (χ2n) is 5.29. The van der Waals surface area contributed by atoms with Gasteiger partial charge in [-0.2, -0.15) is 0 Å². The highest BCUT2D eigenvalue weighted by Crippen LogP contribution is 2.27. The zero-order valence-corrected chi connectivity index (χ0v) is 13.0. The van der Waals surface area contributed by atoms with Gasteiger partial charge in [0.15, 0.2) is 5.96 Å². The second kappa shape index (κ2) is 7.76. The summed E-state index contributed by atoms with van der Waals surface area (Å²) in [5.74, 6) is 1.34. The Hall–Kier alpha value is -1.91. The van der Waals surface area contributed by atoms with Gasteiger partial charge < -0.3 is 20.2 Å². The second-order valence-corrected chi connectivity index (χ2v) is 5.29. The van der Waals surface area contributed by atoms with E-state index in [1.54, 1.807) is 6.07 Å². The van der Waals surface area contributed by atoms with Crippen molar-refractivity contribution in [2.45, 2.75) is 19.8 Å². The van der Waals surface area contributed by atoms with Gasteiger partial charge in [-0.3, -0.25) is 4.99 Å². The van der Waals surface area contributed by atoms with Crippen molar-refractivity contribution in [3.05, 3.63) is 24.3 Å². The predicted molar refractivity (Wildman–Crippen MR) is 88.2 cm³/mol. The number of guanidine groups is 1. The van der Waals surface area contributed by atoms with Crippen LogP contribution < -0.4 is 10.2 Å². The molecule has 1 heterocycles. The quantitative estimate of drug-likeness (QED) is 0.505. The maximum atomic E-state index is 9.94. The molecule has 0 aromatic heterocycles. The summed E-state index contributed by atoms with van der Waals surface area (Å²) < 4.78 is 0. The van der Waals surface area contributed by atoms with Crippen molar-refractivity contribution in [2.75, 3.05) is 44.7 Å². The number of unbranched alkanes of at least 4 members (excludes halogenated alkanes) is 1. The van der Waals surface area contributed by atoms with Crippen LogP contribution in [0.15, 0.2) is 29.3 Å². The van der Waals surface area contributed by atoms with E-state index >= 15 is 0 Å². The Labute approximate surface area is 127 Å². The van der Waals surface area contributed by atoms with Crippen molar-refractivity contribution < 1.29 is 5.11 Å². The lowest BCUT2D eigenvalue weighted by Gasteiger charge is -2.37. The minimum Gasteiger partial charge on any atom is -0.506 e. The van der Waals surface area contributed by atoms with E-state index in [1.165, 1.54) is 6.42 Å². The largest absolute Gasteiger partial charge is 0.506 e. The number of rotatable bonds is 4. The first-order valence-electron chi connectivity index (χ1n) is 7.74. The normalized spacial score (nSPS) is 16.2. The molecule has 1 aliphatic heterocycles. The molecule has 0 aliphatic carbocycles. The average molecular weight is 290 g/mol. The van der Waals surface area contributed by atoms with E-state index in [0.29, 0.717) is 5.75 Å². The molecule has 1 saturated heterocycles. The minimum absolute atomic E-state index is 0.358. The van der Waals surface area contributed by atoms with Crippen LogP contribution in [-0.4, -0.2) is 55.7 Å². The van der Waals surface area contributed by atoms with Crippen molar-refractivity contribution >= 4 is 11.6 Å². The zero-order chi connectivity index (χ0) is 15.1. The summed E-state index contributed by atoms with van der Waals surface area (Å²) in [6.45, 7) is 6.79. The number of phenolic OH excluding ortho intramolecular Hbond substituents is 1. The Balaban J connectivity index is 1.89. The molecule has 1 aliphatic rings. The summed E-state index contributed by atoms with van der Waals surface area (Å²) in [7, 11) is 1.84. The van der Waals surface area contributed by atoms with E-state index in [1.807, 2.05) is 25.2 Å². The van der Waals surface area contributed by atoms with Crippen molar-refractivity contribution in [3.63, 3.8) is 0 Å². The van der Waals surface area contributed by atoms with Crippen LogP contribution in [0.3, 0.4) is 0 Å². The molecule has 0 amide bonds. The first-order chi connectivity index (χ1) is 10.3. The maximum absolute atomic E-state index is 9.94. The Bertz CT molecular complexity index is 467. The van der Waals surface area contributed by atoms with Gasteiger partial charge in [-0.1, -0.05) is 25.5 Å². The molecule has 0 saturated carbocycles. The third-order valence-electron chi connectivity index (χ3n) is 3.83. The average Bonchev–Trinajstić information content (AvgIpc) is 2.53. The number of hydrogen-bond donors (Lipinski definition) is 2. The number of piperazine rings is 1. The van der Waals surface area contributed by atoms with Crippen molar-refractivity contribution in [3.8, 4) is 5.75 Å². The smallest absolute Gasteiger partial charge is 0.193 e. The molecule has 1 fully saturated rings. The molecular formula is C16H26N4O. The minimum atomic E-state index is 0.358. The Morgan fingerprint density at radius 2 is 1.95 bits per heavy atom. The fourth-order valence-corrected chi connectivity index (χ4v) is 2.60. The molecule has 0 radical (unpaired) electrons.